The second-order valence-corrected chi connectivity index (χ2v) is 9.38. The van der Waals surface area contributed by atoms with E-state index in [2.05, 4.69) is 4.72 Å². The Morgan fingerprint density at radius 2 is 1.58 bits per heavy atom. The molecule has 0 unspecified atom stereocenters. The molecule has 158 valence electrons. The molecule has 0 aliphatic rings. The largest absolute Gasteiger partial charge is 0.267 e. The van der Waals surface area contributed by atoms with Crippen molar-refractivity contribution in [2.24, 2.45) is 0 Å². The number of nitrogens with one attached hydrogen (secondary N) is 1. The van der Waals surface area contributed by atoms with Crippen molar-refractivity contribution in [2.75, 3.05) is 0 Å². The summed E-state index contributed by atoms with van der Waals surface area (Å²) in [7, 11) is -3.64. The molecule has 0 aliphatic heterocycles. The van der Waals surface area contributed by atoms with E-state index in [4.69, 9.17) is 5.10 Å². The fourth-order valence-electron chi connectivity index (χ4n) is 3.63. The van der Waals surface area contributed by atoms with Crippen LogP contribution in [0.4, 0.5) is 0 Å². The number of nitrogens with zero attached hydrogens (tertiary/aromatic N) is 2. The van der Waals surface area contributed by atoms with Crippen molar-refractivity contribution < 1.29 is 8.42 Å². The van der Waals surface area contributed by atoms with E-state index in [9.17, 15) is 8.42 Å². The minimum absolute atomic E-state index is 0.161. The number of benzene rings is 3. The van der Waals surface area contributed by atoms with Gasteiger partial charge in [0.1, 0.15) is 0 Å². The first kappa shape index (κ1) is 21.0. The molecule has 0 radical (unpaired) electrons. The van der Waals surface area contributed by atoms with Gasteiger partial charge in [0.2, 0.25) is 10.0 Å². The van der Waals surface area contributed by atoms with Gasteiger partial charge in [-0.2, -0.15) is 5.10 Å². The van der Waals surface area contributed by atoms with E-state index in [1.54, 1.807) is 6.07 Å². The second-order valence-electron chi connectivity index (χ2n) is 7.65. The smallest absolute Gasteiger partial charge is 0.241 e. The maximum Gasteiger partial charge on any atom is 0.241 e. The molecule has 5 nitrogen and oxygen atoms in total. The lowest BCUT2D eigenvalue weighted by atomic mass is 10.1. The molecular weight excluding hydrogens is 406 g/mol. The molecule has 0 amide bonds. The van der Waals surface area contributed by atoms with Gasteiger partial charge in [0.25, 0.3) is 0 Å². The molecule has 0 fully saturated rings. The third-order valence-corrected chi connectivity index (χ3v) is 6.71. The molecule has 0 saturated carbocycles. The van der Waals surface area contributed by atoms with E-state index in [1.165, 1.54) is 0 Å². The Bertz CT molecular complexity index is 1280. The molecule has 4 rings (SSSR count). The van der Waals surface area contributed by atoms with Crippen molar-refractivity contribution in [3.8, 4) is 11.3 Å². The van der Waals surface area contributed by atoms with Gasteiger partial charge in [-0.3, -0.25) is 4.68 Å². The second kappa shape index (κ2) is 8.88. The van der Waals surface area contributed by atoms with Crippen molar-refractivity contribution in [1.82, 2.24) is 14.5 Å². The average Bonchev–Trinajstić information content (AvgIpc) is 3.16. The molecular formula is C25H25N3O2S. The lowest BCUT2D eigenvalue weighted by Gasteiger charge is -2.10. The maximum atomic E-state index is 12.9. The highest BCUT2D eigenvalue weighted by Crippen LogP contribution is 2.23. The number of sulfonamides is 1. The Morgan fingerprint density at radius 1 is 0.903 bits per heavy atom. The Kier molecular flexibility index (Phi) is 6.02. The fourth-order valence-corrected chi connectivity index (χ4v) is 4.86. The standard InChI is InChI=1S/C25H25N3O2S/c1-19-13-14-24(20(2)15-19)31(29,30)26-16-23-18-28(17-21-9-5-3-6-10-21)27-25(23)22-11-7-4-8-12-22/h3-15,18,26H,16-17H2,1-2H3. The van der Waals surface area contributed by atoms with Crippen LogP contribution in [-0.2, 0) is 23.1 Å². The first-order valence-corrected chi connectivity index (χ1v) is 11.6. The van der Waals surface area contributed by atoms with Crippen molar-refractivity contribution >= 4 is 10.0 Å². The molecule has 0 atom stereocenters. The summed E-state index contributed by atoms with van der Waals surface area (Å²) in [6.45, 7) is 4.54. The first-order valence-electron chi connectivity index (χ1n) is 10.1. The molecule has 4 aromatic rings. The highest BCUT2D eigenvalue weighted by molar-refractivity contribution is 7.89. The van der Waals surface area contributed by atoms with Crippen LogP contribution in [0.1, 0.15) is 22.3 Å². The van der Waals surface area contributed by atoms with E-state index in [0.29, 0.717) is 11.4 Å². The quantitative estimate of drug-likeness (QED) is 0.462. The summed E-state index contributed by atoms with van der Waals surface area (Å²) in [6, 6.07) is 25.2. The summed E-state index contributed by atoms with van der Waals surface area (Å²) in [5, 5.41) is 4.76. The predicted molar refractivity (Wildman–Crippen MR) is 123 cm³/mol. The van der Waals surface area contributed by atoms with E-state index >= 15 is 0 Å². The number of aromatic nitrogens is 2. The molecule has 0 spiro atoms. The summed E-state index contributed by atoms with van der Waals surface area (Å²) < 4.78 is 30.5. The highest BCUT2D eigenvalue weighted by atomic mass is 32.2. The van der Waals surface area contributed by atoms with Crippen LogP contribution in [0.15, 0.2) is 90.0 Å². The minimum atomic E-state index is -3.64. The van der Waals surface area contributed by atoms with Gasteiger partial charge in [0.05, 0.1) is 17.1 Å². The lowest BCUT2D eigenvalue weighted by molar-refractivity contribution is 0.580. The van der Waals surface area contributed by atoms with Crippen LogP contribution in [-0.4, -0.2) is 18.2 Å². The van der Waals surface area contributed by atoms with Crippen LogP contribution in [0.5, 0.6) is 0 Å². The van der Waals surface area contributed by atoms with Gasteiger partial charge >= 0.3 is 0 Å². The summed E-state index contributed by atoms with van der Waals surface area (Å²) in [6.07, 6.45) is 1.92. The molecule has 6 heteroatoms. The van der Waals surface area contributed by atoms with Crippen molar-refractivity contribution in [3.05, 3.63) is 107 Å². The molecule has 0 bridgehead atoms. The SMILES string of the molecule is Cc1ccc(S(=O)(=O)NCc2cn(Cc3ccccc3)nc2-c2ccccc2)c(C)c1. The van der Waals surface area contributed by atoms with Crippen molar-refractivity contribution in [3.63, 3.8) is 0 Å². The van der Waals surface area contributed by atoms with E-state index in [0.717, 1.165) is 33.5 Å². The van der Waals surface area contributed by atoms with Crippen LogP contribution >= 0.6 is 0 Å². The third-order valence-electron chi connectivity index (χ3n) is 5.14. The van der Waals surface area contributed by atoms with Gasteiger partial charge < -0.3 is 0 Å². The normalized spacial score (nSPS) is 11.5. The highest BCUT2D eigenvalue weighted by Gasteiger charge is 2.19. The monoisotopic (exact) mass is 431 g/mol. The van der Waals surface area contributed by atoms with Crippen LogP contribution in [0.2, 0.25) is 0 Å². The number of rotatable bonds is 7. The molecule has 1 heterocycles. The van der Waals surface area contributed by atoms with Gasteiger partial charge in [-0.05, 0) is 31.0 Å². The topological polar surface area (TPSA) is 64.0 Å². The van der Waals surface area contributed by atoms with E-state index < -0.39 is 10.0 Å². The van der Waals surface area contributed by atoms with E-state index in [1.807, 2.05) is 97.5 Å². The zero-order chi connectivity index (χ0) is 21.8. The Labute approximate surface area is 183 Å². The van der Waals surface area contributed by atoms with Crippen molar-refractivity contribution in [1.29, 1.82) is 0 Å². The summed E-state index contributed by atoms with van der Waals surface area (Å²) in [5.74, 6) is 0. The van der Waals surface area contributed by atoms with Crippen LogP contribution in [0.3, 0.4) is 0 Å². The van der Waals surface area contributed by atoms with Gasteiger partial charge in [-0.25, -0.2) is 13.1 Å². The summed E-state index contributed by atoms with van der Waals surface area (Å²) in [4.78, 5) is 0.302. The van der Waals surface area contributed by atoms with Gasteiger partial charge in [-0.1, -0.05) is 78.4 Å². The predicted octanol–water partition coefficient (Wildman–Crippen LogP) is 4.69. The van der Waals surface area contributed by atoms with Crippen LogP contribution in [0.25, 0.3) is 11.3 Å². The third kappa shape index (κ3) is 4.93. The maximum absolute atomic E-state index is 12.9. The van der Waals surface area contributed by atoms with Crippen molar-refractivity contribution in [2.45, 2.75) is 31.8 Å². The fraction of sp³-hybridized carbons (Fsp3) is 0.160. The van der Waals surface area contributed by atoms with Crippen LogP contribution < -0.4 is 4.72 Å². The van der Waals surface area contributed by atoms with Gasteiger partial charge in [0, 0.05) is 23.9 Å². The number of aryl methyl sites for hydroxylation is 2. The molecule has 1 aromatic heterocycles. The number of hydrogen-bond donors (Lipinski definition) is 1. The molecule has 0 saturated heterocycles. The Morgan fingerprint density at radius 3 is 2.26 bits per heavy atom. The molecule has 3 aromatic carbocycles. The summed E-state index contributed by atoms with van der Waals surface area (Å²) >= 11 is 0. The lowest BCUT2D eigenvalue weighted by Crippen LogP contribution is -2.24. The van der Waals surface area contributed by atoms with Gasteiger partial charge in [0.15, 0.2) is 0 Å². The molecule has 31 heavy (non-hydrogen) atoms. The van der Waals surface area contributed by atoms with Gasteiger partial charge in [-0.15, -0.1) is 0 Å². The molecule has 1 N–H and O–H groups in total. The molecule has 0 aliphatic carbocycles. The van der Waals surface area contributed by atoms with E-state index in [-0.39, 0.29) is 6.54 Å². The average molecular weight is 432 g/mol. The zero-order valence-corrected chi connectivity index (χ0v) is 18.4. The zero-order valence-electron chi connectivity index (χ0n) is 17.6. The Balaban J connectivity index is 1.63. The Hall–Kier alpha value is -3.22. The first-order chi connectivity index (χ1) is 14.9. The number of hydrogen-bond acceptors (Lipinski definition) is 3. The summed E-state index contributed by atoms with van der Waals surface area (Å²) in [5.41, 5.74) is 5.46. The minimum Gasteiger partial charge on any atom is -0.267 e. The van der Waals surface area contributed by atoms with Crippen LogP contribution in [0, 0.1) is 13.8 Å².